The zero-order chi connectivity index (χ0) is 10.3. The molecule has 13 heavy (non-hydrogen) atoms. The lowest BCUT2D eigenvalue weighted by molar-refractivity contribution is 0.467. The van der Waals surface area contributed by atoms with Crippen LogP contribution in [0.15, 0.2) is 11.8 Å². The molecule has 1 nitrogen and oxygen atoms in total. The van der Waals surface area contributed by atoms with Gasteiger partial charge in [0.2, 0.25) is 8.32 Å². The molecule has 0 amide bonds. The van der Waals surface area contributed by atoms with E-state index in [1.807, 2.05) is 6.26 Å². The molecule has 2 heteroatoms. The normalized spacial score (nSPS) is 13.2. The summed E-state index contributed by atoms with van der Waals surface area (Å²) in [5.74, 6) is 0. The molecule has 0 aromatic rings. The third kappa shape index (κ3) is 8.10. The van der Waals surface area contributed by atoms with Gasteiger partial charge in [-0.2, -0.15) is 0 Å². The lowest BCUT2D eigenvalue weighted by Crippen LogP contribution is -2.22. The highest BCUT2D eigenvalue weighted by Gasteiger charge is 2.13. The van der Waals surface area contributed by atoms with Gasteiger partial charge in [0.15, 0.2) is 0 Å². The van der Waals surface area contributed by atoms with E-state index in [2.05, 4.69) is 33.5 Å². The lowest BCUT2D eigenvalue weighted by Gasteiger charge is -2.16. The molecule has 0 N–H and O–H groups in total. The van der Waals surface area contributed by atoms with E-state index in [0.717, 1.165) is 6.42 Å². The van der Waals surface area contributed by atoms with Crippen molar-refractivity contribution in [2.24, 2.45) is 0 Å². The summed E-state index contributed by atoms with van der Waals surface area (Å²) >= 11 is 0. The second-order valence-corrected chi connectivity index (χ2v) is 8.92. The van der Waals surface area contributed by atoms with Gasteiger partial charge in [-0.3, -0.25) is 0 Å². The van der Waals surface area contributed by atoms with Gasteiger partial charge in [-0.15, -0.1) is 0 Å². The molecule has 0 unspecified atom stereocenters. The Hall–Kier alpha value is -0.243. The van der Waals surface area contributed by atoms with E-state index in [1.165, 1.54) is 24.8 Å². The molecule has 0 aliphatic carbocycles. The van der Waals surface area contributed by atoms with E-state index in [1.54, 1.807) is 0 Å². The lowest BCUT2D eigenvalue weighted by atomic mass is 10.1. The Labute approximate surface area is 84.3 Å². The monoisotopic (exact) mass is 200 g/mol. The molecule has 0 aliphatic heterocycles. The highest BCUT2D eigenvalue weighted by molar-refractivity contribution is 6.69. The Balaban J connectivity index is 3.92. The first-order valence-corrected chi connectivity index (χ1v) is 8.76. The van der Waals surface area contributed by atoms with Crippen molar-refractivity contribution in [1.29, 1.82) is 0 Å². The van der Waals surface area contributed by atoms with Crippen LogP contribution in [0.4, 0.5) is 0 Å². The summed E-state index contributed by atoms with van der Waals surface area (Å²) in [6.45, 7) is 11.1. The average molecular weight is 200 g/mol. The standard InChI is InChI=1S/C11H24OSi/c1-6-8-9-11(7-2)10-12-13(3,4)5/h10H,6-9H2,1-5H3. The third-order valence-corrected chi connectivity index (χ3v) is 2.71. The number of unbranched alkanes of at least 4 members (excludes halogenated alkanes) is 1. The second-order valence-electron chi connectivity index (χ2n) is 4.46. The maximum absolute atomic E-state index is 5.76. The first-order chi connectivity index (χ1) is 5.99. The largest absolute Gasteiger partial charge is 0.550 e. The van der Waals surface area contributed by atoms with Crippen LogP contribution < -0.4 is 0 Å². The van der Waals surface area contributed by atoms with Crippen LogP contribution in [-0.2, 0) is 4.43 Å². The van der Waals surface area contributed by atoms with E-state index in [-0.39, 0.29) is 0 Å². The SMILES string of the molecule is CCCCC(=CO[Si](C)(C)C)CC. The highest BCUT2D eigenvalue weighted by Crippen LogP contribution is 2.13. The maximum atomic E-state index is 5.76. The van der Waals surface area contributed by atoms with Crippen molar-refractivity contribution in [2.45, 2.75) is 59.2 Å². The van der Waals surface area contributed by atoms with Crippen molar-refractivity contribution in [3.63, 3.8) is 0 Å². The fraction of sp³-hybridized carbons (Fsp3) is 0.818. The highest BCUT2D eigenvalue weighted by atomic mass is 28.4. The molecule has 0 rings (SSSR count). The molecule has 0 fully saturated rings. The van der Waals surface area contributed by atoms with Crippen molar-refractivity contribution in [1.82, 2.24) is 0 Å². The van der Waals surface area contributed by atoms with E-state index in [9.17, 15) is 0 Å². The quantitative estimate of drug-likeness (QED) is 0.458. The van der Waals surface area contributed by atoms with Crippen LogP contribution in [0.2, 0.25) is 19.6 Å². The zero-order valence-electron chi connectivity index (χ0n) is 9.81. The Morgan fingerprint density at radius 3 is 2.23 bits per heavy atom. The molecule has 78 valence electrons. The van der Waals surface area contributed by atoms with Gasteiger partial charge < -0.3 is 4.43 Å². The fourth-order valence-electron chi connectivity index (χ4n) is 0.983. The van der Waals surface area contributed by atoms with Crippen LogP contribution in [0, 0.1) is 0 Å². The fourth-order valence-corrected chi connectivity index (χ4v) is 1.50. The minimum Gasteiger partial charge on any atom is -0.550 e. The van der Waals surface area contributed by atoms with Crippen LogP contribution in [0.5, 0.6) is 0 Å². The average Bonchev–Trinajstić information content (AvgIpc) is 2.03. The summed E-state index contributed by atoms with van der Waals surface area (Å²) in [7, 11) is -1.35. The predicted octanol–water partition coefficient (Wildman–Crippen LogP) is 4.32. The summed E-state index contributed by atoms with van der Waals surface area (Å²) in [6, 6.07) is 0. The van der Waals surface area contributed by atoms with Crippen LogP contribution in [0.1, 0.15) is 39.5 Å². The van der Waals surface area contributed by atoms with Crippen LogP contribution in [0.3, 0.4) is 0 Å². The molecule has 0 heterocycles. The first-order valence-electron chi connectivity index (χ1n) is 5.35. The van der Waals surface area contributed by atoms with E-state index in [4.69, 9.17) is 4.43 Å². The van der Waals surface area contributed by atoms with E-state index >= 15 is 0 Å². The molecular formula is C11H24OSi. The van der Waals surface area contributed by atoms with Gasteiger partial charge >= 0.3 is 0 Å². The van der Waals surface area contributed by atoms with Gasteiger partial charge in [0.05, 0.1) is 6.26 Å². The second kappa shape index (κ2) is 6.25. The van der Waals surface area contributed by atoms with Gasteiger partial charge in [0.1, 0.15) is 0 Å². The van der Waals surface area contributed by atoms with Crippen LogP contribution in [0.25, 0.3) is 0 Å². The summed E-state index contributed by atoms with van der Waals surface area (Å²) < 4.78 is 5.76. The number of hydrogen-bond donors (Lipinski definition) is 0. The molecule has 0 aromatic carbocycles. The summed E-state index contributed by atoms with van der Waals surface area (Å²) in [5.41, 5.74) is 1.46. The predicted molar refractivity (Wildman–Crippen MR) is 62.3 cm³/mol. The molecule has 0 atom stereocenters. The molecule has 0 aromatic heterocycles. The topological polar surface area (TPSA) is 9.23 Å². The number of rotatable bonds is 6. The van der Waals surface area contributed by atoms with Crippen molar-refractivity contribution in [3.8, 4) is 0 Å². The van der Waals surface area contributed by atoms with Gasteiger partial charge in [-0.05, 0) is 44.5 Å². The molecule has 0 aliphatic rings. The van der Waals surface area contributed by atoms with Gasteiger partial charge in [0.25, 0.3) is 0 Å². The summed E-state index contributed by atoms with van der Waals surface area (Å²) in [6.07, 6.45) is 6.91. The maximum Gasteiger partial charge on any atom is 0.241 e. The third-order valence-electron chi connectivity index (χ3n) is 1.88. The number of allylic oxidation sites excluding steroid dienone is 1. The van der Waals surface area contributed by atoms with E-state index in [0.29, 0.717) is 0 Å². The summed E-state index contributed by atoms with van der Waals surface area (Å²) in [5, 5.41) is 0. The molecule has 0 radical (unpaired) electrons. The van der Waals surface area contributed by atoms with Crippen LogP contribution >= 0.6 is 0 Å². The van der Waals surface area contributed by atoms with Crippen molar-refractivity contribution >= 4 is 8.32 Å². The Bertz CT molecular complexity index is 156. The van der Waals surface area contributed by atoms with Gasteiger partial charge in [0, 0.05) is 0 Å². The van der Waals surface area contributed by atoms with Gasteiger partial charge in [-0.25, -0.2) is 0 Å². The Kier molecular flexibility index (Phi) is 6.13. The molecule has 0 saturated carbocycles. The van der Waals surface area contributed by atoms with Crippen LogP contribution in [-0.4, -0.2) is 8.32 Å². The zero-order valence-corrected chi connectivity index (χ0v) is 10.8. The minimum atomic E-state index is -1.35. The van der Waals surface area contributed by atoms with E-state index < -0.39 is 8.32 Å². The van der Waals surface area contributed by atoms with Crippen molar-refractivity contribution in [3.05, 3.63) is 11.8 Å². The minimum absolute atomic E-state index is 1.13. The van der Waals surface area contributed by atoms with Crippen molar-refractivity contribution < 1.29 is 4.43 Å². The Morgan fingerprint density at radius 2 is 1.85 bits per heavy atom. The molecular weight excluding hydrogens is 176 g/mol. The molecule has 0 saturated heterocycles. The summed E-state index contributed by atoms with van der Waals surface area (Å²) in [4.78, 5) is 0. The Morgan fingerprint density at radius 1 is 1.23 bits per heavy atom. The van der Waals surface area contributed by atoms with Gasteiger partial charge in [-0.1, -0.05) is 20.3 Å². The smallest absolute Gasteiger partial charge is 0.241 e. The number of hydrogen-bond acceptors (Lipinski definition) is 1. The first kappa shape index (κ1) is 12.8. The molecule has 0 spiro atoms. The molecule has 0 bridgehead atoms. The van der Waals surface area contributed by atoms with Crippen molar-refractivity contribution in [2.75, 3.05) is 0 Å².